The smallest absolute Gasteiger partial charge is 0.171 e. The molecule has 0 amide bonds. The molecule has 13 heavy (non-hydrogen) atoms. The molecule has 0 saturated carbocycles. The third-order valence-corrected chi connectivity index (χ3v) is 1.61. The molecule has 1 aromatic carbocycles. The Morgan fingerprint density at radius 2 is 2.08 bits per heavy atom. The normalized spacial score (nSPS) is 9.54. The maximum absolute atomic E-state index is 10.4. The summed E-state index contributed by atoms with van der Waals surface area (Å²) in [7, 11) is 0. The van der Waals surface area contributed by atoms with E-state index in [2.05, 4.69) is 4.98 Å². The van der Waals surface area contributed by atoms with Gasteiger partial charge in [0.1, 0.15) is 5.52 Å². The van der Waals surface area contributed by atoms with Crippen molar-refractivity contribution < 1.29 is 32.7 Å². The summed E-state index contributed by atoms with van der Waals surface area (Å²) in [6, 6.07) is 6.92. The van der Waals surface area contributed by atoms with E-state index in [1.54, 1.807) is 24.3 Å². The summed E-state index contributed by atoms with van der Waals surface area (Å²) in [6.45, 7) is 0. The van der Waals surface area contributed by atoms with Crippen LogP contribution in [0, 0.1) is 10.1 Å². The van der Waals surface area contributed by atoms with Gasteiger partial charge >= 0.3 is 0 Å². The van der Waals surface area contributed by atoms with Gasteiger partial charge in [0.25, 0.3) is 0 Å². The van der Waals surface area contributed by atoms with Gasteiger partial charge in [-0.05, 0) is 12.1 Å². The molecule has 0 aliphatic heterocycles. The zero-order chi connectivity index (χ0) is 8.55. The van der Waals surface area contributed by atoms with Crippen LogP contribution >= 0.6 is 0 Å². The van der Waals surface area contributed by atoms with Gasteiger partial charge < -0.3 is 0 Å². The van der Waals surface area contributed by atoms with Crippen molar-refractivity contribution in [3.8, 4) is 0 Å². The molecule has 0 spiro atoms. The van der Waals surface area contributed by atoms with Crippen LogP contribution in [0.4, 0.5) is 0 Å². The van der Waals surface area contributed by atoms with Gasteiger partial charge in [-0.2, -0.15) is 0 Å². The van der Waals surface area contributed by atoms with Crippen LogP contribution < -0.4 is 0 Å². The number of nitrogens with zero attached hydrogens (tertiary/aromatic N) is 3. The first-order valence-corrected chi connectivity index (χ1v) is 3.36. The minimum Gasteiger partial charge on any atom is -0.234 e. The van der Waals surface area contributed by atoms with E-state index in [0.29, 0.717) is 11.0 Å². The van der Waals surface area contributed by atoms with Crippen LogP contribution in [-0.2, 0) is 27.7 Å². The maximum Gasteiger partial charge on any atom is 0.171 e. The van der Waals surface area contributed by atoms with Gasteiger partial charge in [0.15, 0.2) is 11.4 Å². The Balaban J connectivity index is 0.000000845. The fourth-order valence-corrected chi connectivity index (χ4v) is 1.08. The van der Waals surface area contributed by atoms with Crippen molar-refractivity contribution in [2.75, 3.05) is 0 Å². The molecule has 0 bridgehead atoms. The maximum atomic E-state index is 10.4. The van der Waals surface area contributed by atoms with Gasteiger partial charge in [-0.3, -0.25) is 0 Å². The quantitative estimate of drug-likeness (QED) is 0.433. The fourth-order valence-electron chi connectivity index (χ4n) is 1.08. The average molecular weight is 364 g/mol. The summed E-state index contributed by atoms with van der Waals surface area (Å²) in [5, 5.41) is 9.90. The number of hydrogen-bond acceptors (Lipinski definition) is 3. The topological polar surface area (TPSA) is 61.0 Å². The zero-order valence-corrected chi connectivity index (χ0v) is 12.2. The minimum atomic E-state index is -0.505. The average Bonchev–Trinajstić information content (AvgIpc) is 2.47. The van der Waals surface area contributed by atoms with Crippen molar-refractivity contribution in [2.24, 2.45) is 0 Å². The summed E-state index contributed by atoms with van der Waals surface area (Å²) in [5.41, 5.74) is 1.15. The Labute approximate surface area is 94.0 Å². The number of hydrogen-bond donors (Lipinski definition) is 0. The molecule has 2 rings (SSSR count). The van der Waals surface area contributed by atoms with Crippen molar-refractivity contribution in [1.82, 2.24) is 9.66 Å². The van der Waals surface area contributed by atoms with Gasteiger partial charge in [-0.15, -0.1) is 0 Å². The van der Waals surface area contributed by atoms with Crippen LogP contribution in [0.25, 0.3) is 11.0 Å². The van der Waals surface area contributed by atoms with Crippen molar-refractivity contribution in [1.29, 1.82) is 0 Å². The molecule has 0 aliphatic rings. The number of benzene rings is 1. The van der Waals surface area contributed by atoms with Crippen LogP contribution in [0.2, 0.25) is 0 Å². The number of nitro groups is 1. The van der Waals surface area contributed by atoms with E-state index in [9.17, 15) is 10.1 Å². The predicted molar refractivity (Wildman–Crippen MR) is 42.1 cm³/mol. The first-order chi connectivity index (χ1) is 5.79. The Kier molecular flexibility index (Phi) is 2.97. The summed E-state index contributed by atoms with van der Waals surface area (Å²) in [6.07, 6.45) is 1.20. The third kappa shape index (κ3) is 1.69. The summed E-state index contributed by atoms with van der Waals surface area (Å²) in [4.78, 5) is 14.3. The molecule has 2 aromatic rings. The zero-order valence-electron chi connectivity index (χ0n) is 6.75. The molecule has 62 valence electrons. The van der Waals surface area contributed by atoms with E-state index in [-0.39, 0.29) is 27.7 Å². The Morgan fingerprint density at radius 1 is 1.38 bits per heavy atom. The second-order valence-corrected chi connectivity index (χ2v) is 2.32. The van der Waals surface area contributed by atoms with Crippen LogP contribution in [-0.4, -0.2) is 14.7 Å². The molecular formula is C7H5HgN3O2. The second-order valence-electron chi connectivity index (χ2n) is 2.32. The first kappa shape index (κ1) is 10.1. The predicted octanol–water partition coefficient (Wildman–Crippen LogP) is 1.07. The number of fused-ring (bicyclic) bond motifs is 1. The molecule has 0 saturated heterocycles. The van der Waals surface area contributed by atoms with Crippen LogP contribution in [0.15, 0.2) is 30.6 Å². The van der Waals surface area contributed by atoms with Crippen LogP contribution in [0.5, 0.6) is 0 Å². The first-order valence-electron chi connectivity index (χ1n) is 3.36. The van der Waals surface area contributed by atoms with Gasteiger partial charge in [-0.25, -0.2) is 15.1 Å². The number of rotatable bonds is 1. The van der Waals surface area contributed by atoms with E-state index in [0.717, 1.165) is 4.68 Å². The van der Waals surface area contributed by atoms with E-state index < -0.39 is 5.03 Å². The van der Waals surface area contributed by atoms with Gasteiger partial charge in [0.05, 0.1) is 5.52 Å². The SMILES string of the molecule is O=[N+]([O-])n1cnc2ccccc21.[Hg]. The largest absolute Gasteiger partial charge is 0.234 e. The number of imidazole rings is 1. The van der Waals surface area contributed by atoms with Crippen LogP contribution in [0.1, 0.15) is 0 Å². The molecule has 0 aliphatic carbocycles. The molecule has 0 fully saturated rings. The van der Waals surface area contributed by atoms with Crippen LogP contribution in [0.3, 0.4) is 0 Å². The van der Waals surface area contributed by atoms with E-state index in [1.165, 1.54) is 6.33 Å². The van der Waals surface area contributed by atoms with Crippen molar-refractivity contribution in [3.05, 3.63) is 40.7 Å². The van der Waals surface area contributed by atoms with Crippen molar-refractivity contribution >= 4 is 11.0 Å². The molecule has 0 unspecified atom stereocenters. The van der Waals surface area contributed by atoms with Crippen molar-refractivity contribution in [2.45, 2.75) is 0 Å². The molecule has 1 heterocycles. The van der Waals surface area contributed by atoms with Crippen molar-refractivity contribution in [3.63, 3.8) is 0 Å². The summed E-state index contributed by atoms with van der Waals surface area (Å²) < 4.78 is 0.898. The monoisotopic (exact) mass is 365 g/mol. The van der Waals surface area contributed by atoms with E-state index >= 15 is 0 Å². The van der Waals surface area contributed by atoms with Gasteiger partial charge in [0.2, 0.25) is 0 Å². The minimum absolute atomic E-state index is 0. The standard InChI is InChI=1S/C7H5N3O2.Hg/c11-10(12)9-5-8-6-3-1-2-4-7(6)9;/h1-5H;. The van der Waals surface area contributed by atoms with E-state index in [1.807, 2.05) is 0 Å². The van der Waals surface area contributed by atoms with E-state index in [4.69, 9.17) is 0 Å². The molecule has 0 N–H and O–H groups in total. The molecule has 5 nitrogen and oxygen atoms in total. The van der Waals surface area contributed by atoms with Gasteiger partial charge in [0, 0.05) is 27.7 Å². The summed E-state index contributed by atoms with van der Waals surface area (Å²) in [5.74, 6) is 0. The molecule has 0 radical (unpaired) electrons. The summed E-state index contributed by atoms with van der Waals surface area (Å²) >= 11 is 0. The second kappa shape index (κ2) is 3.82. The molecule has 1 aromatic heterocycles. The number of para-hydroxylation sites is 2. The fraction of sp³-hybridized carbons (Fsp3) is 0. The van der Waals surface area contributed by atoms with Gasteiger partial charge in [-0.1, -0.05) is 16.8 Å². The molecule has 6 heteroatoms. The Morgan fingerprint density at radius 3 is 2.77 bits per heavy atom. The molecular weight excluding hydrogens is 359 g/mol. The third-order valence-electron chi connectivity index (χ3n) is 1.61. The Bertz CT molecular complexity index is 440. The number of aromatic nitrogens is 2. The molecule has 0 atom stereocenters. The Hall–Kier alpha value is -0.975.